The van der Waals surface area contributed by atoms with Crippen LogP contribution in [0.15, 0.2) is 73.4 Å². The Labute approximate surface area is 742 Å². The van der Waals surface area contributed by atoms with Crippen molar-refractivity contribution in [3.63, 3.8) is 0 Å². The van der Waals surface area contributed by atoms with Crippen LogP contribution in [0.4, 0.5) is 0 Å². The summed E-state index contributed by atoms with van der Waals surface area (Å²) in [6.07, 6.45) is 31.6. The summed E-state index contributed by atoms with van der Waals surface area (Å²) in [6, 6.07) is 0.435. The molecule has 8 bridgehead atoms. The number of ether oxygens (including phenoxy) is 6. The van der Waals surface area contributed by atoms with E-state index in [9.17, 15) is 86.3 Å². The van der Waals surface area contributed by atoms with Crippen molar-refractivity contribution < 1.29 is 115 Å². The Morgan fingerprint density at radius 1 is 0.339 bits per heavy atom. The molecule has 13 saturated carbocycles. The number of nitrogens with zero attached hydrogens (tertiary/aromatic N) is 6. The number of fused-ring (bicyclic) bond motifs is 28. The zero-order valence-corrected chi connectivity index (χ0v) is 74.4. The lowest BCUT2D eigenvalue weighted by molar-refractivity contribution is -0.178. The molecule has 0 radical (unpaired) electrons. The molecule has 6 saturated heterocycles. The van der Waals surface area contributed by atoms with Gasteiger partial charge in [-0.15, -0.1) is 0 Å². The standard InChI is InChI=1S/C22H29NO4.C17H21NO4.C15H19NO4.C15H21NO4.C14H17NO4.C14H19NO4/c1-11(2)22(26)27-13-8-6-12(7-9-13)20(24)23-19-17-10-16(18(19)21(23)25)14-4-3-5-15(14)17;1-8(2)17(21)22-7-13(19)18-15-12-6-11(14(15)16(18)20)9-4-3-5-10(9)12;1-7(2)15(19)20-8(3)13(17)16-12-10-5-4-9(6-10)11(12)14(16)18;1-10(2)15(19)20-9-13(17)16-12-8-6-4-3-5-7-11(12)14(16)18;1-7(2)14(18)19-6-10(16)15-12-9-4-3-8(5-9)11(12)13(15)17;1-2-13(17)19-9-12(16)15-11-8-6-4-3-5-7-10(11)14(15)18/h12-19H,1,3-10H2,2H3;9-12,14-15H,1,3-7H2,2H3;8-12H,1,4-6H2,2-3H3;11-12H,1,3-9H2,2H3;8-9,11-12H,1,3-6H2,2H3;2,10-11H,1,3-9H2. The zero-order valence-electron chi connectivity index (χ0n) is 74.4. The van der Waals surface area contributed by atoms with Crippen LogP contribution in [0.1, 0.15) is 234 Å². The van der Waals surface area contributed by atoms with Crippen LogP contribution >= 0.6 is 0 Å². The third-order valence-corrected chi connectivity index (χ3v) is 32.0. The summed E-state index contributed by atoms with van der Waals surface area (Å²) in [5.74, 6) is 1.54. The molecule has 19 aliphatic rings. The summed E-state index contributed by atoms with van der Waals surface area (Å²) in [7, 11) is 0. The van der Waals surface area contributed by atoms with E-state index in [1.165, 1.54) is 117 Å². The van der Waals surface area contributed by atoms with Gasteiger partial charge in [0.2, 0.25) is 41.4 Å². The predicted molar refractivity (Wildman–Crippen MR) is 452 cm³/mol. The summed E-state index contributed by atoms with van der Waals surface area (Å²) in [6.45, 7) is 28.5. The Kier molecular flexibility index (Phi) is 28.5. The summed E-state index contributed by atoms with van der Waals surface area (Å²) in [5, 5.41) is 0. The van der Waals surface area contributed by atoms with Crippen LogP contribution in [0.2, 0.25) is 0 Å². The first kappa shape index (κ1) is 93.3. The highest BCUT2D eigenvalue weighted by molar-refractivity contribution is 6.08. The number of hydrogen-bond donors (Lipinski definition) is 0. The topological polar surface area (TPSA) is 382 Å². The SMILES string of the molecule is C=C(C)C(=O)OC(C)C(=O)N1C(=O)C2C3CCC(C3)C21.C=C(C)C(=O)OC1CCC(C(=O)N2C(=O)C3C4CC(C5CCCC54)C32)CC1.C=C(C)C(=O)OCC(=O)N1C(=O)C2C3CC(C4CCCC43)C21.C=C(C)C(=O)OCC(=O)N1C(=O)C2C3CCC(C3)C21.C=C(C)C(=O)OCC(=O)N1C(=O)C2CCCCCCC21.C=CC(=O)OCC(=O)N1C(=O)C2CCCCCCC21. The van der Waals surface area contributed by atoms with Crippen molar-refractivity contribution in [3.05, 3.63) is 73.4 Å². The average molecular weight is 1760 g/mol. The molecule has 0 aromatic rings. The van der Waals surface area contributed by atoms with Crippen LogP contribution < -0.4 is 0 Å². The molecule has 688 valence electrons. The van der Waals surface area contributed by atoms with Gasteiger partial charge in [0.1, 0.15) is 6.10 Å². The number of carbonyl (C=O) groups is 18. The molecule has 0 aromatic heterocycles. The minimum Gasteiger partial charge on any atom is -0.459 e. The third-order valence-electron chi connectivity index (χ3n) is 32.0. The normalized spacial score (nSPS) is 35.4. The third kappa shape index (κ3) is 18.0. The van der Waals surface area contributed by atoms with Crippen molar-refractivity contribution in [1.82, 2.24) is 29.4 Å². The maximum Gasteiger partial charge on any atom is 0.333 e. The molecule has 25 atom stereocenters. The van der Waals surface area contributed by atoms with Gasteiger partial charge in [-0.1, -0.05) is 104 Å². The summed E-state index contributed by atoms with van der Waals surface area (Å²) >= 11 is 0. The van der Waals surface area contributed by atoms with Crippen molar-refractivity contribution in [2.24, 2.45) is 112 Å². The molecule has 30 nitrogen and oxygen atoms in total. The lowest BCUT2D eigenvalue weighted by atomic mass is 9.67. The van der Waals surface area contributed by atoms with Crippen LogP contribution in [-0.4, -0.2) is 211 Å². The fourth-order valence-electron chi connectivity index (χ4n) is 26.3. The van der Waals surface area contributed by atoms with E-state index in [2.05, 4.69) is 39.5 Å². The van der Waals surface area contributed by atoms with Gasteiger partial charge in [-0.3, -0.25) is 86.9 Å². The van der Waals surface area contributed by atoms with Gasteiger partial charge in [-0.25, -0.2) is 28.8 Å². The Bertz CT molecular complexity index is 4570. The van der Waals surface area contributed by atoms with Crippen LogP contribution in [0.3, 0.4) is 0 Å². The summed E-state index contributed by atoms with van der Waals surface area (Å²) < 4.78 is 29.7. The maximum atomic E-state index is 13.1. The highest BCUT2D eigenvalue weighted by Gasteiger charge is 2.72. The molecule has 19 rings (SSSR count). The quantitative estimate of drug-likeness (QED) is 0.0404. The minimum atomic E-state index is -0.928. The number of imide groups is 6. The second kappa shape index (κ2) is 38.8. The monoisotopic (exact) mass is 1760 g/mol. The molecular formula is C97H126N6O24. The Hall–Kier alpha value is -9.90. The van der Waals surface area contributed by atoms with E-state index in [-0.39, 0.29) is 186 Å². The molecule has 25 unspecified atom stereocenters. The van der Waals surface area contributed by atoms with Crippen molar-refractivity contribution in [1.29, 1.82) is 0 Å². The molecule has 12 amide bonds. The van der Waals surface area contributed by atoms with Gasteiger partial charge in [0.15, 0.2) is 32.5 Å². The number of amides is 12. The number of hydrogen-bond acceptors (Lipinski definition) is 24. The first-order valence-electron chi connectivity index (χ1n) is 46.7. The lowest BCUT2D eigenvalue weighted by Crippen LogP contribution is -2.68. The molecular weight excluding hydrogens is 1630 g/mol. The van der Waals surface area contributed by atoms with Crippen LogP contribution in [0.5, 0.6) is 0 Å². The highest BCUT2D eigenvalue weighted by Crippen LogP contribution is 2.68. The summed E-state index contributed by atoms with van der Waals surface area (Å²) in [4.78, 5) is 223. The number of rotatable bonds is 18. The van der Waals surface area contributed by atoms with Crippen LogP contribution in [0.25, 0.3) is 0 Å². The van der Waals surface area contributed by atoms with E-state index in [0.29, 0.717) is 90.4 Å². The average Bonchev–Trinajstić information content (AvgIpc) is 1.53. The van der Waals surface area contributed by atoms with Gasteiger partial charge < -0.3 is 28.4 Å². The van der Waals surface area contributed by atoms with Crippen LogP contribution in [-0.2, 0) is 115 Å². The molecule has 30 heteroatoms. The van der Waals surface area contributed by atoms with E-state index >= 15 is 0 Å². The molecule has 6 aliphatic heterocycles. The number of likely N-dealkylation sites (tertiary alicyclic amines) is 6. The second-order valence-corrected chi connectivity index (χ2v) is 39.6. The van der Waals surface area contributed by atoms with Gasteiger partial charge in [0.25, 0.3) is 29.5 Å². The molecule has 6 heterocycles. The highest BCUT2D eigenvalue weighted by atomic mass is 16.6. The van der Waals surface area contributed by atoms with E-state index in [4.69, 9.17) is 28.4 Å². The predicted octanol–water partition coefficient (Wildman–Crippen LogP) is 10.0. The van der Waals surface area contributed by atoms with Gasteiger partial charge in [0.05, 0.1) is 71.8 Å². The lowest BCUT2D eigenvalue weighted by Gasteiger charge is -2.52. The fourth-order valence-corrected chi connectivity index (χ4v) is 26.3. The molecule has 13 aliphatic carbocycles. The minimum absolute atomic E-state index is 0.000596. The Morgan fingerprint density at radius 3 is 1.12 bits per heavy atom. The second-order valence-electron chi connectivity index (χ2n) is 39.6. The Balaban J connectivity index is 0.000000124. The number of β-lactam (4-membered cyclic amide) rings is 6. The van der Waals surface area contributed by atoms with Crippen molar-refractivity contribution in [2.45, 2.75) is 283 Å². The first-order chi connectivity index (χ1) is 60.6. The van der Waals surface area contributed by atoms with Crippen molar-refractivity contribution >= 4 is 107 Å². The van der Waals surface area contributed by atoms with E-state index in [0.717, 1.165) is 127 Å². The summed E-state index contributed by atoms with van der Waals surface area (Å²) in [5.41, 5.74) is 1.41. The smallest absolute Gasteiger partial charge is 0.333 e. The molecule has 0 spiro atoms. The number of carbonyl (C=O) groups excluding carboxylic acids is 18. The van der Waals surface area contributed by atoms with E-state index < -0.39 is 59.6 Å². The van der Waals surface area contributed by atoms with Gasteiger partial charge in [0, 0.05) is 39.9 Å². The maximum absolute atomic E-state index is 13.1. The van der Waals surface area contributed by atoms with Crippen molar-refractivity contribution in [2.75, 3.05) is 26.4 Å². The molecule has 19 fully saturated rings. The first-order valence-corrected chi connectivity index (χ1v) is 46.7. The van der Waals surface area contributed by atoms with E-state index in [1.807, 2.05) is 0 Å². The fraction of sp³-hybridized carbons (Fsp3) is 0.691. The molecule has 0 aromatic carbocycles. The zero-order chi connectivity index (χ0) is 91.3. The van der Waals surface area contributed by atoms with Gasteiger partial charge >= 0.3 is 35.8 Å². The van der Waals surface area contributed by atoms with Crippen molar-refractivity contribution in [3.8, 4) is 0 Å². The van der Waals surface area contributed by atoms with Gasteiger partial charge in [-0.05, 0) is 241 Å². The largest absolute Gasteiger partial charge is 0.459 e. The Morgan fingerprint density at radius 2 is 0.693 bits per heavy atom. The van der Waals surface area contributed by atoms with Crippen LogP contribution in [0, 0.1) is 112 Å². The van der Waals surface area contributed by atoms with Gasteiger partial charge in [-0.2, -0.15) is 0 Å². The molecule has 0 N–H and O–H groups in total. The molecule has 127 heavy (non-hydrogen) atoms. The number of esters is 6. The van der Waals surface area contributed by atoms with E-state index in [1.54, 1.807) is 11.8 Å².